The van der Waals surface area contributed by atoms with Crippen molar-refractivity contribution in [1.29, 1.82) is 0 Å². The van der Waals surface area contributed by atoms with Gasteiger partial charge in [-0.15, -0.1) is 11.8 Å². The van der Waals surface area contributed by atoms with E-state index in [4.69, 9.17) is 5.11 Å². The first kappa shape index (κ1) is 12.5. The number of nitro groups is 1. The number of carboxylic acid groups (broad SMARTS) is 1. The Morgan fingerprint density at radius 1 is 1.56 bits per heavy atom. The van der Waals surface area contributed by atoms with Crippen LogP contribution >= 0.6 is 11.8 Å². The van der Waals surface area contributed by atoms with Gasteiger partial charge in [-0.25, -0.2) is 0 Å². The topological polar surface area (TPSA) is 80.4 Å². The number of carbonyl (C=O) groups is 1. The van der Waals surface area contributed by atoms with E-state index in [-0.39, 0.29) is 18.5 Å². The molecular formula is C10H11NO4S. The van der Waals surface area contributed by atoms with E-state index in [9.17, 15) is 14.9 Å². The van der Waals surface area contributed by atoms with Crippen LogP contribution in [0.1, 0.15) is 12.0 Å². The SMILES string of the molecule is CSc1ccc(CCC(=O)O)c([N+](=O)[O-])c1. The van der Waals surface area contributed by atoms with E-state index in [0.717, 1.165) is 4.90 Å². The Bertz CT molecular complexity index is 419. The van der Waals surface area contributed by atoms with E-state index in [1.54, 1.807) is 12.1 Å². The molecule has 0 fully saturated rings. The zero-order valence-corrected chi connectivity index (χ0v) is 9.49. The van der Waals surface area contributed by atoms with E-state index < -0.39 is 10.9 Å². The number of aliphatic carboxylic acids is 1. The first-order valence-corrected chi connectivity index (χ1v) is 5.80. The predicted molar refractivity (Wildman–Crippen MR) is 60.8 cm³/mol. The third-order valence-corrected chi connectivity index (χ3v) is 2.82. The maximum atomic E-state index is 10.8. The quantitative estimate of drug-likeness (QED) is 0.486. The summed E-state index contributed by atoms with van der Waals surface area (Å²) in [5, 5.41) is 19.3. The minimum absolute atomic E-state index is 0.00639. The molecule has 1 aromatic rings. The fourth-order valence-electron chi connectivity index (χ4n) is 1.29. The molecule has 0 unspecified atom stereocenters. The second kappa shape index (κ2) is 5.50. The molecule has 0 spiro atoms. The van der Waals surface area contributed by atoms with Gasteiger partial charge in [0, 0.05) is 22.9 Å². The zero-order chi connectivity index (χ0) is 12.1. The summed E-state index contributed by atoms with van der Waals surface area (Å²) in [7, 11) is 0. The molecular weight excluding hydrogens is 230 g/mol. The second-order valence-corrected chi connectivity index (χ2v) is 4.03. The van der Waals surface area contributed by atoms with Crippen LogP contribution in [0.4, 0.5) is 5.69 Å². The molecule has 0 aliphatic heterocycles. The van der Waals surface area contributed by atoms with E-state index in [2.05, 4.69) is 0 Å². The number of hydrogen-bond acceptors (Lipinski definition) is 4. The van der Waals surface area contributed by atoms with Crippen molar-refractivity contribution in [2.24, 2.45) is 0 Å². The van der Waals surface area contributed by atoms with Crippen LogP contribution in [0.3, 0.4) is 0 Å². The Labute approximate surface area is 96.6 Å². The monoisotopic (exact) mass is 241 g/mol. The van der Waals surface area contributed by atoms with Gasteiger partial charge in [-0.3, -0.25) is 14.9 Å². The third kappa shape index (κ3) is 3.23. The van der Waals surface area contributed by atoms with Crippen LogP contribution in [0.25, 0.3) is 0 Å². The molecule has 0 saturated heterocycles. The molecule has 5 nitrogen and oxygen atoms in total. The summed E-state index contributed by atoms with van der Waals surface area (Å²) in [6, 6.07) is 4.85. The van der Waals surface area contributed by atoms with Crippen LogP contribution in [0.2, 0.25) is 0 Å². The summed E-state index contributed by atoms with van der Waals surface area (Å²) in [5.74, 6) is -0.955. The molecule has 0 aliphatic carbocycles. The summed E-state index contributed by atoms with van der Waals surface area (Å²) in [6.45, 7) is 0. The summed E-state index contributed by atoms with van der Waals surface area (Å²) < 4.78 is 0. The molecule has 0 amide bonds. The molecule has 6 heteroatoms. The van der Waals surface area contributed by atoms with Gasteiger partial charge in [0.2, 0.25) is 0 Å². The smallest absolute Gasteiger partial charge is 0.303 e. The fraction of sp³-hybridized carbons (Fsp3) is 0.300. The average Bonchev–Trinajstić information content (AvgIpc) is 2.25. The van der Waals surface area contributed by atoms with Crippen LogP contribution in [-0.2, 0) is 11.2 Å². The number of aryl methyl sites for hydroxylation is 1. The van der Waals surface area contributed by atoms with Crippen molar-refractivity contribution in [2.45, 2.75) is 17.7 Å². The largest absolute Gasteiger partial charge is 0.481 e. The van der Waals surface area contributed by atoms with Gasteiger partial charge in [0.15, 0.2) is 0 Å². The van der Waals surface area contributed by atoms with Gasteiger partial charge in [0.1, 0.15) is 0 Å². The van der Waals surface area contributed by atoms with Crippen molar-refractivity contribution in [3.8, 4) is 0 Å². The van der Waals surface area contributed by atoms with Gasteiger partial charge in [-0.2, -0.15) is 0 Å². The standard InChI is InChI=1S/C10H11NO4S/c1-16-8-4-2-7(3-5-10(12)13)9(6-8)11(14)15/h2,4,6H,3,5H2,1H3,(H,12,13). The second-order valence-electron chi connectivity index (χ2n) is 3.15. The Morgan fingerprint density at radius 3 is 2.75 bits per heavy atom. The molecule has 0 atom stereocenters. The molecule has 0 aromatic heterocycles. The van der Waals surface area contributed by atoms with Gasteiger partial charge >= 0.3 is 5.97 Å². The first-order valence-electron chi connectivity index (χ1n) is 4.57. The van der Waals surface area contributed by atoms with Gasteiger partial charge in [-0.1, -0.05) is 6.07 Å². The minimum atomic E-state index is -0.955. The highest BCUT2D eigenvalue weighted by atomic mass is 32.2. The lowest BCUT2D eigenvalue weighted by atomic mass is 10.1. The number of nitro benzene ring substituents is 1. The molecule has 1 aromatic carbocycles. The average molecular weight is 241 g/mol. The predicted octanol–water partition coefficient (Wildman–Crippen LogP) is 2.33. The number of nitrogens with zero attached hydrogens (tertiary/aromatic N) is 1. The molecule has 0 radical (unpaired) electrons. The van der Waals surface area contributed by atoms with Crippen LogP contribution in [0, 0.1) is 10.1 Å². The van der Waals surface area contributed by atoms with Crippen molar-refractivity contribution >= 4 is 23.4 Å². The van der Waals surface area contributed by atoms with E-state index >= 15 is 0 Å². The lowest BCUT2D eigenvalue weighted by molar-refractivity contribution is -0.385. The van der Waals surface area contributed by atoms with E-state index in [1.807, 2.05) is 6.26 Å². The van der Waals surface area contributed by atoms with Crippen molar-refractivity contribution < 1.29 is 14.8 Å². The van der Waals surface area contributed by atoms with Crippen molar-refractivity contribution in [1.82, 2.24) is 0 Å². The van der Waals surface area contributed by atoms with Gasteiger partial charge < -0.3 is 5.11 Å². The van der Waals surface area contributed by atoms with Crippen molar-refractivity contribution in [3.05, 3.63) is 33.9 Å². The number of benzene rings is 1. The molecule has 86 valence electrons. The maximum Gasteiger partial charge on any atom is 0.303 e. The van der Waals surface area contributed by atoms with Crippen molar-refractivity contribution in [3.63, 3.8) is 0 Å². The molecule has 1 rings (SSSR count). The molecule has 0 bridgehead atoms. The van der Waals surface area contributed by atoms with Gasteiger partial charge in [-0.05, 0) is 18.7 Å². The highest BCUT2D eigenvalue weighted by Gasteiger charge is 2.15. The maximum absolute atomic E-state index is 10.8. The number of thioether (sulfide) groups is 1. The Hall–Kier alpha value is -1.56. The number of hydrogen-bond donors (Lipinski definition) is 1. The lowest BCUT2D eigenvalue weighted by Crippen LogP contribution is -2.01. The number of carboxylic acids is 1. The molecule has 1 N–H and O–H groups in total. The molecule has 0 heterocycles. The lowest BCUT2D eigenvalue weighted by Gasteiger charge is -2.03. The minimum Gasteiger partial charge on any atom is -0.481 e. The van der Waals surface area contributed by atoms with E-state index in [1.165, 1.54) is 17.8 Å². The Morgan fingerprint density at radius 2 is 2.25 bits per heavy atom. The van der Waals surface area contributed by atoms with Gasteiger partial charge in [0.25, 0.3) is 5.69 Å². The summed E-state index contributed by atoms with van der Waals surface area (Å²) >= 11 is 1.41. The molecule has 16 heavy (non-hydrogen) atoms. The normalized spacial score (nSPS) is 10.1. The first-order chi connectivity index (χ1) is 7.54. The van der Waals surface area contributed by atoms with Crippen LogP contribution < -0.4 is 0 Å². The Balaban J connectivity index is 2.98. The fourth-order valence-corrected chi connectivity index (χ4v) is 1.73. The van der Waals surface area contributed by atoms with Crippen LogP contribution in [0.5, 0.6) is 0 Å². The van der Waals surface area contributed by atoms with Crippen LogP contribution in [0.15, 0.2) is 23.1 Å². The van der Waals surface area contributed by atoms with E-state index in [0.29, 0.717) is 5.56 Å². The van der Waals surface area contributed by atoms with Gasteiger partial charge in [0.05, 0.1) is 4.92 Å². The summed E-state index contributed by atoms with van der Waals surface area (Å²) in [4.78, 5) is 21.5. The third-order valence-electron chi connectivity index (χ3n) is 2.10. The van der Waals surface area contributed by atoms with Crippen molar-refractivity contribution in [2.75, 3.05) is 6.26 Å². The molecule has 0 saturated carbocycles. The highest BCUT2D eigenvalue weighted by molar-refractivity contribution is 7.98. The summed E-state index contributed by atoms with van der Waals surface area (Å²) in [5.41, 5.74) is 0.457. The summed E-state index contributed by atoms with van der Waals surface area (Å²) in [6.07, 6.45) is 1.91. The van der Waals surface area contributed by atoms with Crippen LogP contribution in [-0.4, -0.2) is 22.3 Å². The zero-order valence-electron chi connectivity index (χ0n) is 8.67. The highest BCUT2D eigenvalue weighted by Crippen LogP contribution is 2.26. The molecule has 0 aliphatic rings. The Kier molecular flexibility index (Phi) is 4.30. The number of rotatable bonds is 5.